The number of benzene rings is 2. The van der Waals surface area contributed by atoms with Crippen molar-refractivity contribution in [1.29, 1.82) is 0 Å². The van der Waals surface area contributed by atoms with Gasteiger partial charge in [0.25, 0.3) is 0 Å². The zero-order chi connectivity index (χ0) is 17.4. The van der Waals surface area contributed by atoms with Crippen molar-refractivity contribution in [3.8, 4) is 0 Å². The molecule has 4 rings (SSSR count). The van der Waals surface area contributed by atoms with E-state index in [1.165, 1.54) is 0 Å². The lowest BCUT2D eigenvalue weighted by Crippen LogP contribution is -2.46. The van der Waals surface area contributed by atoms with Gasteiger partial charge >= 0.3 is 6.03 Å². The number of hydrogen-bond donors (Lipinski definition) is 3. The summed E-state index contributed by atoms with van der Waals surface area (Å²) in [7, 11) is 0. The maximum absolute atomic E-state index is 12.1. The molecule has 1 aliphatic rings. The van der Waals surface area contributed by atoms with Crippen molar-refractivity contribution in [2.45, 2.75) is 31.8 Å². The third kappa shape index (κ3) is 3.28. The van der Waals surface area contributed by atoms with Crippen molar-refractivity contribution in [3.05, 3.63) is 42.5 Å². The molecule has 1 aliphatic carbocycles. The number of nitrogens with one attached hydrogen (secondary N) is 3. The van der Waals surface area contributed by atoms with E-state index in [1.807, 2.05) is 42.5 Å². The zero-order valence-electron chi connectivity index (χ0n) is 13.8. The minimum Gasteiger partial charge on any atom is -0.456 e. The van der Waals surface area contributed by atoms with Gasteiger partial charge in [0.15, 0.2) is 0 Å². The van der Waals surface area contributed by atoms with E-state index in [1.54, 1.807) is 6.92 Å². The van der Waals surface area contributed by atoms with Crippen molar-refractivity contribution in [2.24, 2.45) is 0 Å². The maximum Gasteiger partial charge on any atom is 0.321 e. The first-order valence-corrected chi connectivity index (χ1v) is 8.39. The van der Waals surface area contributed by atoms with Gasteiger partial charge in [-0.25, -0.2) is 4.79 Å². The van der Waals surface area contributed by atoms with E-state index in [9.17, 15) is 9.59 Å². The summed E-state index contributed by atoms with van der Waals surface area (Å²) in [6.45, 7) is 1.72. The Kier molecular flexibility index (Phi) is 3.80. The van der Waals surface area contributed by atoms with Gasteiger partial charge < -0.3 is 15.1 Å². The number of rotatable bonds is 4. The molecular formula is C19H19N3O3. The van der Waals surface area contributed by atoms with Gasteiger partial charge in [-0.2, -0.15) is 0 Å². The van der Waals surface area contributed by atoms with Crippen LogP contribution in [-0.4, -0.2) is 24.0 Å². The molecule has 3 N–H and O–H groups in total. The van der Waals surface area contributed by atoms with Crippen molar-refractivity contribution in [1.82, 2.24) is 10.6 Å². The van der Waals surface area contributed by atoms with Crippen LogP contribution >= 0.6 is 0 Å². The highest BCUT2D eigenvalue weighted by Crippen LogP contribution is 2.30. The lowest BCUT2D eigenvalue weighted by molar-refractivity contribution is -0.120. The number of imide groups is 1. The molecule has 1 heterocycles. The Hall–Kier alpha value is -3.02. The van der Waals surface area contributed by atoms with E-state index in [0.29, 0.717) is 0 Å². The smallest absolute Gasteiger partial charge is 0.321 e. The van der Waals surface area contributed by atoms with Crippen LogP contribution in [0, 0.1) is 0 Å². The Balaban J connectivity index is 1.48. The topological polar surface area (TPSA) is 83.4 Å². The first kappa shape index (κ1) is 15.5. The van der Waals surface area contributed by atoms with Gasteiger partial charge in [0.1, 0.15) is 17.2 Å². The lowest BCUT2D eigenvalue weighted by atomic mass is 10.1. The second-order valence-electron chi connectivity index (χ2n) is 6.41. The molecule has 1 atom stereocenters. The first-order valence-electron chi connectivity index (χ1n) is 8.39. The number of carbonyl (C=O) groups excluding carboxylic acids is 2. The molecule has 1 fully saturated rings. The van der Waals surface area contributed by atoms with E-state index < -0.39 is 12.1 Å². The molecule has 0 unspecified atom stereocenters. The molecule has 3 aromatic rings. The molecule has 25 heavy (non-hydrogen) atoms. The van der Waals surface area contributed by atoms with Gasteiger partial charge in [-0.05, 0) is 44.0 Å². The average molecular weight is 337 g/mol. The summed E-state index contributed by atoms with van der Waals surface area (Å²) in [5, 5.41) is 10.2. The van der Waals surface area contributed by atoms with Gasteiger partial charge in [0, 0.05) is 22.5 Å². The number of carbonyl (C=O) groups is 2. The minimum atomic E-state index is -0.541. The van der Waals surface area contributed by atoms with E-state index in [-0.39, 0.29) is 11.9 Å². The summed E-state index contributed by atoms with van der Waals surface area (Å²) in [5.41, 5.74) is 2.43. The van der Waals surface area contributed by atoms with Gasteiger partial charge in [0.05, 0.1) is 0 Å². The Bertz CT molecular complexity index is 959. The summed E-state index contributed by atoms with van der Waals surface area (Å²) >= 11 is 0. The number of furan rings is 1. The fraction of sp³-hybridized carbons (Fsp3) is 0.263. The molecule has 128 valence electrons. The van der Waals surface area contributed by atoms with Crippen LogP contribution in [0.25, 0.3) is 21.9 Å². The molecule has 0 aliphatic heterocycles. The molecule has 2 aromatic carbocycles. The lowest BCUT2D eigenvalue weighted by Gasteiger charge is -2.15. The molecule has 1 aromatic heterocycles. The Morgan fingerprint density at radius 1 is 1.08 bits per heavy atom. The normalized spacial score (nSPS) is 15.1. The maximum atomic E-state index is 12.1. The first-order chi connectivity index (χ1) is 12.1. The van der Waals surface area contributed by atoms with Gasteiger partial charge in [-0.3, -0.25) is 10.1 Å². The quantitative estimate of drug-likeness (QED) is 0.681. The SMILES string of the molecule is C[C@H](Nc1ccc2oc3ccccc3c2c1)C(=O)NC(=O)NC1CC1. The van der Waals surface area contributed by atoms with Crippen molar-refractivity contribution >= 4 is 39.6 Å². The molecule has 6 heteroatoms. The Labute approximate surface area is 144 Å². The Morgan fingerprint density at radius 3 is 2.64 bits per heavy atom. The predicted octanol–water partition coefficient (Wildman–Crippen LogP) is 3.37. The fourth-order valence-corrected chi connectivity index (χ4v) is 2.80. The number of urea groups is 1. The molecular weight excluding hydrogens is 318 g/mol. The summed E-state index contributed by atoms with van der Waals surface area (Å²) in [4.78, 5) is 23.8. The van der Waals surface area contributed by atoms with Crippen LogP contribution in [0.5, 0.6) is 0 Å². The van der Waals surface area contributed by atoms with Crippen LogP contribution in [-0.2, 0) is 4.79 Å². The van der Waals surface area contributed by atoms with E-state index in [4.69, 9.17) is 4.42 Å². The highest BCUT2D eigenvalue weighted by Gasteiger charge is 2.25. The Morgan fingerprint density at radius 2 is 1.84 bits per heavy atom. The van der Waals surface area contributed by atoms with Crippen LogP contribution in [0.2, 0.25) is 0 Å². The van der Waals surface area contributed by atoms with Crippen LogP contribution in [0.3, 0.4) is 0 Å². The third-order valence-corrected chi connectivity index (χ3v) is 4.30. The summed E-state index contributed by atoms with van der Waals surface area (Å²) in [5.74, 6) is -0.365. The van der Waals surface area contributed by atoms with E-state index in [2.05, 4.69) is 16.0 Å². The highest BCUT2D eigenvalue weighted by molar-refractivity contribution is 6.06. The highest BCUT2D eigenvalue weighted by atomic mass is 16.3. The molecule has 1 saturated carbocycles. The molecule has 0 saturated heterocycles. The summed E-state index contributed by atoms with van der Waals surface area (Å²) in [6.07, 6.45) is 1.96. The van der Waals surface area contributed by atoms with Gasteiger partial charge in [0.2, 0.25) is 5.91 Å². The molecule has 3 amide bonds. The van der Waals surface area contributed by atoms with E-state index in [0.717, 1.165) is 40.5 Å². The minimum absolute atomic E-state index is 0.216. The molecule has 6 nitrogen and oxygen atoms in total. The standard InChI is InChI=1S/C19H19N3O3/c1-11(18(23)22-19(24)21-12-6-7-12)20-13-8-9-17-15(10-13)14-4-2-3-5-16(14)25-17/h2-5,8-12,20H,6-7H2,1H3,(H2,21,22,23,24)/t11-/m0/s1. The predicted molar refractivity (Wildman–Crippen MR) is 96.5 cm³/mol. The average Bonchev–Trinajstić information content (AvgIpc) is 3.33. The van der Waals surface area contributed by atoms with Crippen molar-refractivity contribution in [3.63, 3.8) is 0 Å². The molecule has 0 bridgehead atoms. The van der Waals surface area contributed by atoms with E-state index >= 15 is 0 Å². The zero-order valence-corrected chi connectivity index (χ0v) is 13.8. The van der Waals surface area contributed by atoms with Crippen molar-refractivity contribution in [2.75, 3.05) is 5.32 Å². The summed E-state index contributed by atoms with van der Waals surface area (Å²) in [6, 6.07) is 12.8. The largest absolute Gasteiger partial charge is 0.456 e. The van der Waals surface area contributed by atoms with Crippen LogP contribution in [0.15, 0.2) is 46.9 Å². The summed E-state index contributed by atoms with van der Waals surface area (Å²) < 4.78 is 5.80. The van der Waals surface area contributed by atoms with Gasteiger partial charge in [-0.1, -0.05) is 18.2 Å². The second kappa shape index (κ2) is 6.12. The number of hydrogen-bond acceptors (Lipinski definition) is 4. The van der Waals surface area contributed by atoms with Crippen LogP contribution < -0.4 is 16.0 Å². The molecule has 0 radical (unpaired) electrons. The third-order valence-electron chi connectivity index (χ3n) is 4.30. The number of amides is 3. The number of fused-ring (bicyclic) bond motifs is 3. The number of anilines is 1. The van der Waals surface area contributed by atoms with Crippen LogP contribution in [0.1, 0.15) is 19.8 Å². The monoisotopic (exact) mass is 337 g/mol. The van der Waals surface area contributed by atoms with Gasteiger partial charge in [-0.15, -0.1) is 0 Å². The fourth-order valence-electron chi connectivity index (χ4n) is 2.80. The van der Waals surface area contributed by atoms with Crippen molar-refractivity contribution < 1.29 is 14.0 Å². The second-order valence-corrected chi connectivity index (χ2v) is 6.41. The molecule has 0 spiro atoms. The van der Waals surface area contributed by atoms with Crippen LogP contribution in [0.4, 0.5) is 10.5 Å². The number of para-hydroxylation sites is 1.